The monoisotopic (exact) mass is 630 g/mol. The number of hydrogen-bond acceptors (Lipinski definition) is 2. The van der Waals surface area contributed by atoms with Crippen LogP contribution in [0.2, 0.25) is 0 Å². The van der Waals surface area contributed by atoms with Crippen molar-refractivity contribution in [3.05, 3.63) is 151 Å². The molecule has 3 unspecified atom stereocenters. The van der Waals surface area contributed by atoms with E-state index in [-0.39, 0.29) is 23.0 Å². The van der Waals surface area contributed by atoms with Crippen molar-refractivity contribution >= 4 is 57.2 Å². The fourth-order valence-electron chi connectivity index (χ4n) is 11.7. The van der Waals surface area contributed by atoms with Gasteiger partial charge in [0.2, 0.25) is 0 Å². The lowest BCUT2D eigenvalue weighted by molar-refractivity contribution is 0.0990. The molecule has 3 atom stereocenters. The summed E-state index contributed by atoms with van der Waals surface area (Å²) in [5.74, 6) is 0.732. The van der Waals surface area contributed by atoms with E-state index < -0.39 is 0 Å². The maximum Gasteiger partial charge on any atom is 0.252 e. The van der Waals surface area contributed by atoms with Gasteiger partial charge in [0.15, 0.2) is 0 Å². The maximum atomic E-state index is 2.64. The number of rotatable bonds is 2. The molecular weight excluding hydrogens is 591 g/mol. The van der Waals surface area contributed by atoms with E-state index in [0.717, 1.165) is 5.92 Å². The second-order valence-corrected chi connectivity index (χ2v) is 15.9. The molecule has 2 fully saturated rings. The molecule has 2 heterocycles. The van der Waals surface area contributed by atoms with Crippen LogP contribution in [0, 0.1) is 16.7 Å². The zero-order chi connectivity index (χ0) is 32.7. The Labute approximate surface area is 290 Å². The van der Waals surface area contributed by atoms with E-state index in [9.17, 15) is 0 Å². The van der Waals surface area contributed by atoms with Crippen molar-refractivity contribution in [3.8, 4) is 11.1 Å². The maximum absolute atomic E-state index is 2.64. The summed E-state index contributed by atoms with van der Waals surface area (Å²) >= 11 is 0. The second kappa shape index (κ2) is 9.36. The average Bonchev–Trinajstić information content (AvgIpc) is 3.63. The first-order chi connectivity index (χ1) is 24.0. The summed E-state index contributed by atoms with van der Waals surface area (Å²) in [7, 11) is 0. The summed E-state index contributed by atoms with van der Waals surface area (Å²) in [5.41, 5.74) is 18.3. The first-order valence-electron chi connectivity index (χ1n) is 18.2. The number of hydrogen-bond donors (Lipinski definition) is 0. The highest BCUT2D eigenvalue weighted by Crippen LogP contribution is 2.78. The van der Waals surface area contributed by atoms with Crippen LogP contribution in [0.5, 0.6) is 0 Å². The Morgan fingerprint density at radius 2 is 1.14 bits per heavy atom. The van der Waals surface area contributed by atoms with Crippen LogP contribution >= 0.6 is 0 Å². The van der Waals surface area contributed by atoms with Crippen LogP contribution in [0.1, 0.15) is 51.2 Å². The third-order valence-electron chi connectivity index (χ3n) is 14.1. The molecule has 1 spiro atoms. The minimum absolute atomic E-state index is 0.0159. The van der Waals surface area contributed by atoms with Gasteiger partial charge in [-0.1, -0.05) is 112 Å². The van der Waals surface area contributed by atoms with E-state index in [1.807, 2.05) is 0 Å². The van der Waals surface area contributed by atoms with Crippen LogP contribution in [0.15, 0.2) is 140 Å². The first-order valence-corrected chi connectivity index (χ1v) is 18.2. The molecule has 11 rings (SSSR count). The first kappa shape index (κ1) is 27.9. The molecule has 49 heavy (non-hydrogen) atoms. The van der Waals surface area contributed by atoms with Gasteiger partial charge in [0, 0.05) is 39.5 Å². The molecule has 0 amide bonds. The number of nitrogens with zero attached hydrogens (tertiary/aromatic N) is 2. The third-order valence-corrected chi connectivity index (χ3v) is 14.1. The van der Waals surface area contributed by atoms with E-state index in [0.29, 0.717) is 0 Å². The van der Waals surface area contributed by atoms with Crippen molar-refractivity contribution in [1.82, 2.24) is 0 Å². The van der Waals surface area contributed by atoms with Crippen molar-refractivity contribution in [1.29, 1.82) is 0 Å². The molecule has 2 saturated carbocycles. The zero-order valence-electron chi connectivity index (χ0n) is 28.4. The number of para-hydroxylation sites is 3. The molecule has 236 valence electrons. The molecule has 0 radical (unpaired) electrons. The minimum atomic E-state index is 0.0159. The Morgan fingerprint density at radius 1 is 0.551 bits per heavy atom. The second-order valence-electron chi connectivity index (χ2n) is 15.9. The van der Waals surface area contributed by atoms with Crippen LogP contribution in [0.3, 0.4) is 0 Å². The minimum Gasteiger partial charge on any atom is -0.311 e. The summed E-state index contributed by atoms with van der Waals surface area (Å²) in [6.45, 7) is 7.90. The van der Waals surface area contributed by atoms with Gasteiger partial charge in [0.25, 0.3) is 6.71 Å². The highest BCUT2D eigenvalue weighted by molar-refractivity contribution is 7.01. The summed E-state index contributed by atoms with van der Waals surface area (Å²) in [6.07, 6.45) is 3.88. The van der Waals surface area contributed by atoms with Crippen LogP contribution in [0.4, 0.5) is 34.1 Å². The summed E-state index contributed by atoms with van der Waals surface area (Å²) in [5, 5.41) is 0. The smallest absolute Gasteiger partial charge is 0.252 e. The molecule has 5 aliphatic rings. The van der Waals surface area contributed by atoms with E-state index in [4.69, 9.17) is 0 Å². The number of fused-ring (bicyclic) bond motifs is 13. The highest BCUT2D eigenvalue weighted by Gasteiger charge is 2.71. The summed E-state index contributed by atoms with van der Waals surface area (Å²) in [4.78, 5) is 5.05. The lowest BCUT2D eigenvalue weighted by Crippen LogP contribution is -2.62. The molecule has 0 saturated heterocycles. The topological polar surface area (TPSA) is 6.48 Å². The van der Waals surface area contributed by atoms with Gasteiger partial charge in [-0.05, 0) is 123 Å². The summed E-state index contributed by atoms with van der Waals surface area (Å²) < 4.78 is 0. The van der Waals surface area contributed by atoms with Gasteiger partial charge < -0.3 is 9.80 Å². The van der Waals surface area contributed by atoms with Gasteiger partial charge in [-0.15, -0.1) is 0 Å². The molecule has 3 aliphatic carbocycles. The molecule has 2 nitrogen and oxygen atoms in total. The van der Waals surface area contributed by atoms with Crippen LogP contribution in [-0.4, -0.2) is 6.71 Å². The molecule has 3 heteroatoms. The summed E-state index contributed by atoms with van der Waals surface area (Å²) in [6, 6.07) is 52.7. The third kappa shape index (κ3) is 3.17. The lowest BCUT2D eigenvalue weighted by Gasteiger charge is -2.49. The van der Waals surface area contributed by atoms with Gasteiger partial charge in [-0.2, -0.15) is 0 Å². The molecule has 2 bridgehead atoms. The van der Waals surface area contributed by atoms with E-state index in [2.05, 4.69) is 170 Å². The standard InChI is InChI=1S/C46H39BN2/c1-44(2)30-27-28-45(44,3)46(29-30)34-20-11-10-19-33(34)41-35(46)25-26-40-43(41)47-36-21-12-13-22-37(36)48(31-15-6-4-7-16-31)38-23-14-24-39(42(38)47)49(40)32-17-8-5-9-18-32/h4-26,30H,27-29H2,1-3H3. The van der Waals surface area contributed by atoms with Crippen LogP contribution < -0.4 is 26.2 Å². The molecule has 6 aromatic carbocycles. The van der Waals surface area contributed by atoms with Crippen molar-refractivity contribution in [3.63, 3.8) is 0 Å². The quantitative estimate of drug-likeness (QED) is 0.176. The Balaban J connectivity index is 1.28. The van der Waals surface area contributed by atoms with Gasteiger partial charge >= 0.3 is 0 Å². The SMILES string of the molecule is CC1(C)C2CCC1(C)C1(C2)c2ccccc2-c2c1ccc1c2B2c3ccccc3N(c3ccccc3)c3cccc(c32)N1c1ccccc1. The predicted molar refractivity (Wildman–Crippen MR) is 206 cm³/mol. The lowest BCUT2D eigenvalue weighted by atomic mass is 9.32. The average molecular weight is 631 g/mol. The van der Waals surface area contributed by atoms with Crippen molar-refractivity contribution in [2.75, 3.05) is 9.80 Å². The van der Waals surface area contributed by atoms with Crippen LogP contribution in [0.25, 0.3) is 11.1 Å². The Hall–Kier alpha value is -5.02. The Bertz CT molecular complexity index is 2330. The van der Waals surface area contributed by atoms with E-state index >= 15 is 0 Å². The largest absolute Gasteiger partial charge is 0.311 e. The van der Waals surface area contributed by atoms with Crippen molar-refractivity contribution in [2.45, 2.75) is 45.4 Å². The van der Waals surface area contributed by atoms with Gasteiger partial charge in [-0.25, -0.2) is 0 Å². The van der Waals surface area contributed by atoms with Crippen molar-refractivity contribution < 1.29 is 0 Å². The zero-order valence-corrected chi connectivity index (χ0v) is 28.4. The van der Waals surface area contributed by atoms with Gasteiger partial charge in [-0.3, -0.25) is 0 Å². The normalized spacial score (nSPS) is 24.4. The number of anilines is 6. The Kier molecular flexibility index (Phi) is 5.33. The fraction of sp³-hybridized carbons (Fsp3) is 0.217. The van der Waals surface area contributed by atoms with E-state index in [1.165, 1.54) is 80.9 Å². The molecular formula is C46H39BN2. The predicted octanol–water partition coefficient (Wildman–Crippen LogP) is 9.88. The van der Waals surface area contributed by atoms with Gasteiger partial charge in [0.1, 0.15) is 0 Å². The van der Waals surface area contributed by atoms with Gasteiger partial charge in [0.05, 0.1) is 0 Å². The molecule has 2 aliphatic heterocycles. The molecule has 0 aromatic heterocycles. The number of benzene rings is 6. The van der Waals surface area contributed by atoms with Crippen molar-refractivity contribution in [2.24, 2.45) is 16.7 Å². The van der Waals surface area contributed by atoms with Crippen LogP contribution in [-0.2, 0) is 5.41 Å². The molecule has 0 N–H and O–H groups in total. The Morgan fingerprint density at radius 3 is 1.82 bits per heavy atom. The highest BCUT2D eigenvalue weighted by atomic mass is 15.2. The molecule has 6 aromatic rings. The fourth-order valence-corrected chi connectivity index (χ4v) is 11.7. The van der Waals surface area contributed by atoms with E-state index in [1.54, 1.807) is 11.1 Å².